The summed E-state index contributed by atoms with van der Waals surface area (Å²) >= 11 is 0. The summed E-state index contributed by atoms with van der Waals surface area (Å²) in [6.07, 6.45) is 22.4. The first-order valence-electron chi connectivity index (χ1n) is 14.6. The van der Waals surface area contributed by atoms with E-state index in [0.717, 1.165) is 46.3 Å². The monoisotopic (exact) mass is 524 g/mol. The van der Waals surface area contributed by atoms with Crippen LogP contribution >= 0.6 is 0 Å². The summed E-state index contributed by atoms with van der Waals surface area (Å²) in [6, 6.07) is 0. The lowest BCUT2D eigenvalue weighted by molar-refractivity contribution is -0.136. The number of ketones is 4. The van der Waals surface area contributed by atoms with Crippen LogP contribution in [0.2, 0.25) is 0 Å². The van der Waals surface area contributed by atoms with Crippen molar-refractivity contribution >= 4 is 23.1 Å². The molecule has 9 aliphatic rings. The average molecular weight is 525 g/mol. The van der Waals surface area contributed by atoms with Gasteiger partial charge < -0.3 is 0 Å². The second-order valence-electron chi connectivity index (χ2n) is 12.9. The molecule has 0 saturated carbocycles. The Morgan fingerprint density at radius 2 is 0.900 bits per heavy atom. The number of Topliss-reactive ketones (excluding diaryl/α,β-unsaturated/α-hetero) is 4. The van der Waals surface area contributed by atoms with Crippen molar-refractivity contribution in [3.63, 3.8) is 0 Å². The fourth-order valence-electron chi connectivity index (χ4n) is 8.65. The molecule has 0 aromatic rings. The summed E-state index contributed by atoms with van der Waals surface area (Å²) in [5.41, 5.74) is 12.7. The topological polar surface area (TPSA) is 68.3 Å². The third-order valence-corrected chi connectivity index (χ3v) is 10.9. The average Bonchev–Trinajstić information content (AvgIpc) is 3.31. The Morgan fingerprint density at radius 3 is 1.38 bits per heavy atom. The Balaban J connectivity index is 1.30. The molecule has 0 heterocycles. The highest BCUT2D eigenvalue weighted by Crippen LogP contribution is 2.50. The molecule has 0 spiro atoms. The zero-order chi connectivity index (χ0) is 26.9. The lowest BCUT2D eigenvalue weighted by Crippen LogP contribution is -2.28. The number of allylic oxidation sites excluding steroid dienone is 20. The lowest BCUT2D eigenvalue weighted by Gasteiger charge is -2.28. The van der Waals surface area contributed by atoms with Crippen LogP contribution in [0.3, 0.4) is 0 Å². The molecular formula is C36H28O4. The van der Waals surface area contributed by atoms with Gasteiger partial charge in [-0.1, -0.05) is 70.9 Å². The normalized spacial score (nSPS) is 33.4. The molecule has 4 unspecified atom stereocenters. The third-order valence-electron chi connectivity index (χ3n) is 10.9. The van der Waals surface area contributed by atoms with Crippen LogP contribution in [-0.4, -0.2) is 23.1 Å². The molecule has 0 aromatic heterocycles. The summed E-state index contributed by atoms with van der Waals surface area (Å²) in [4.78, 5) is 54.6. The van der Waals surface area contributed by atoms with Gasteiger partial charge in [0.1, 0.15) is 0 Å². The molecule has 4 heteroatoms. The van der Waals surface area contributed by atoms with Crippen molar-refractivity contribution in [3.8, 4) is 0 Å². The smallest absolute Gasteiger partial charge is 0.225 e. The predicted octanol–water partition coefficient (Wildman–Crippen LogP) is 5.98. The first-order valence-corrected chi connectivity index (χ1v) is 14.6. The van der Waals surface area contributed by atoms with Gasteiger partial charge in [0.15, 0.2) is 0 Å². The van der Waals surface area contributed by atoms with Gasteiger partial charge in [0.25, 0.3) is 0 Å². The van der Waals surface area contributed by atoms with Crippen molar-refractivity contribution in [3.05, 3.63) is 115 Å². The highest BCUT2D eigenvalue weighted by Gasteiger charge is 2.43. The van der Waals surface area contributed by atoms with Crippen LogP contribution in [0.25, 0.3) is 0 Å². The maximum Gasteiger partial charge on any atom is 0.225 e. The van der Waals surface area contributed by atoms with E-state index in [1.807, 2.05) is 0 Å². The van der Waals surface area contributed by atoms with Crippen molar-refractivity contribution in [1.29, 1.82) is 0 Å². The molecule has 9 rings (SSSR count). The van der Waals surface area contributed by atoms with Crippen LogP contribution in [0.1, 0.15) is 51.4 Å². The minimum Gasteiger partial charge on any atom is -0.290 e. The van der Waals surface area contributed by atoms with Gasteiger partial charge in [-0.2, -0.15) is 0 Å². The number of hydrogen-bond donors (Lipinski definition) is 0. The molecule has 0 aliphatic heterocycles. The highest BCUT2D eigenvalue weighted by molar-refractivity contribution is 6.46. The van der Waals surface area contributed by atoms with Gasteiger partial charge in [0.05, 0.1) is 11.8 Å². The zero-order valence-corrected chi connectivity index (χ0v) is 22.2. The quantitative estimate of drug-likeness (QED) is 0.289. The Hall–Kier alpha value is -3.92. The Labute approximate surface area is 232 Å². The van der Waals surface area contributed by atoms with Gasteiger partial charge in [-0.25, -0.2) is 0 Å². The van der Waals surface area contributed by atoms with Crippen molar-refractivity contribution < 1.29 is 19.2 Å². The molecule has 40 heavy (non-hydrogen) atoms. The van der Waals surface area contributed by atoms with E-state index in [0.29, 0.717) is 49.7 Å². The van der Waals surface area contributed by atoms with Crippen LogP contribution in [0.5, 0.6) is 0 Å². The Bertz CT molecular complexity index is 1640. The van der Waals surface area contributed by atoms with E-state index >= 15 is 0 Å². The van der Waals surface area contributed by atoms with Crippen LogP contribution < -0.4 is 0 Å². The maximum absolute atomic E-state index is 13.7. The number of carbonyl (C=O) groups is 4. The summed E-state index contributed by atoms with van der Waals surface area (Å²) in [7, 11) is 0. The molecule has 9 aliphatic carbocycles. The van der Waals surface area contributed by atoms with E-state index in [9.17, 15) is 19.2 Å². The van der Waals surface area contributed by atoms with Gasteiger partial charge in [-0.05, 0) is 84.8 Å². The van der Waals surface area contributed by atoms with Crippen molar-refractivity contribution in [2.75, 3.05) is 0 Å². The van der Waals surface area contributed by atoms with E-state index in [1.165, 1.54) is 22.3 Å². The zero-order valence-electron chi connectivity index (χ0n) is 22.2. The van der Waals surface area contributed by atoms with E-state index in [1.54, 1.807) is 0 Å². The summed E-state index contributed by atoms with van der Waals surface area (Å²) < 4.78 is 0. The number of hydrogen-bond acceptors (Lipinski definition) is 4. The molecule has 0 aromatic carbocycles. The second kappa shape index (κ2) is 7.84. The van der Waals surface area contributed by atoms with E-state index in [2.05, 4.69) is 48.6 Å². The van der Waals surface area contributed by atoms with E-state index in [-0.39, 0.29) is 35.0 Å². The van der Waals surface area contributed by atoms with Crippen LogP contribution in [0.4, 0.5) is 0 Å². The van der Waals surface area contributed by atoms with Crippen molar-refractivity contribution in [1.82, 2.24) is 0 Å². The number of carbonyl (C=O) groups excluding carboxylic acids is 4. The SMILES string of the molecule is O=C1C(=O)C2CC3=C4C=C2CC2=C1CC1C=CC5CC6=C(C=C5CC1=C2)CC1=CC(=C(C=C3)CC1C(=O)C6=O)C4. The molecule has 0 saturated heterocycles. The number of rotatable bonds is 0. The van der Waals surface area contributed by atoms with Gasteiger partial charge >= 0.3 is 0 Å². The van der Waals surface area contributed by atoms with Gasteiger partial charge in [0.2, 0.25) is 23.1 Å². The summed E-state index contributed by atoms with van der Waals surface area (Å²) in [6.45, 7) is 0. The van der Waals surface area contributed by atoms with E-state index in [4.69, 9.17) is 0 Å². The molecule has 196 valence electrons. The predicted molar refractivity (Wildman–Crippen MR) is 150 cm³/mol. The fourth-order valence-corrected chi connectivity index (χ4v) is 8.65. The highest BCUT2D eigenvalue weighted by atomic mass is 16.2. The van der Waals surface area contributed by atoms with Crippen LogP contribution in [0.15, 0.2) is 115 Å². The fraction of sp³-hybridized carbons (Fsp3) is 0.333. The minimum atomic E-state index is -0.408. The first-order chi connectivity index (χ1) is 19.4. The summed E-state index contributed by atoms with van der Waals surface area (Å²) in [5, 5.41) is 0. The molecule has 8 bridgehead atoms. The molecule has 4 atom stereocenters. The van der Waals surface area contributed by atoms with Crippen LogP contribution in [0, 0.1) is 23.7 Å². The Kier molecular flexibility index (Phi) is 4.48. The largest absolute Gasteiger partial charge is 0.290 e. The molecule has 4 nitrogen and oxygen atoms in total. The molecule has 0 radical (unpaired) electrons. The van der Waals surface area contributed by atoms with Crippen LogP contribution in [-0.2, 0) is 19.2 Å². The molecular weight excluding hydrogens is 496 g/mol. The standard InChI is InChI=1S/C36H28O4/c37-33-29-13-17-1-2-18-14-30-26-8-22(18)5-21(17)7-25(29)11-27-9-23-6-24-10-28(12-26)32(36(40)34(30)38)16-20(24)4-3-19(23)15-31(27)35(33)39/h1-4,7-10,17-18,31-32H,5-6,11-16H2. The summed E-state index contributed by atoms with van der Waals surface area (Å²) in [5.74, 6) is -1.80. The van der Waals surface area contributed by atoms with Gasteiger partial charge in [-0.3, -0.25) is 19.2 Å². The molecule has 0 amide bonds. The third kappa shape index (κ3) is 3.08. The molecule has 0 fully saturated rings. The van der Waals surface area contributed by atoms with Gasteiger partial charge in [-0.15, -0.1) is 0 Å². The van der Waals surface area contributed by atoms with Gasteiger partial charge in [0, 0.05) is 23.0 Å². The lowest BCUT2D eigenvalue weighted by atomic mass is 9.76. The molecule has 0 N–H and O–H groups in total. The minimum absolute atomic E-state index is 0.0708. The maximum atomic E-state index is 13.7. The Morgan fingerprint density at radius 1 is 0.450 bits per heavy atom. The first kappa shape index (κ1) is 22.9. The van der Waals surface area contributed by atoms with E-state index < -0.39 is 11.8 Å². The van der Waals surface area contributed by atoms with Crippen molar-refractivity contribution in [2.24, 2.45) is 23.7 Å². The second-order valence-corrected chi connectivity index (χ2v) is 12.9. The van der Waals surface area contributed by atoms with Crippen molar-refractivity contribution in [2.45, 2.75) is 51.4 Å².